The normalized spacial score (nSPS) is 11.5. The van der Waals surface area contributed by atoms with Crippen LogP contribution in [0.25, 0.3) is 0 Å². The van der Waals surface area contributed by atoms with Gasteiger partial charge in [-0.05, 0) is 23.8 Å². The van der Waals surface area contributed by atoms with Crippen LogP contribution in [0.1, 0.15) is 11.6 Å². The Hall–Kier alpha value is -2.34. The number of halogens is 1. The third-order valence-electron chi connectivity index (χ3n) is 2.74. The monoisotopic (exact) mass is 348 g/mol. The quantitative estimate of drug-likeness (QED) is 0.792. The summed E-state index contributed by atoms with van der Waals surface area (Å²) in [6, 6.07) is 13.9. The largest absolute Gasteiger partial charge is 0.479 e. The summed E-state index contributed by atoms with van der Waals surface area (Å²) in [4.78, 5) is 23.2. The Morgan fingerprint density at radius 1 is 1.05 bits per heavy atom. The first kappa shape index (κ1) is 15.1. The zero-order valence-corrected chi connectivity index (χ0v) is 12.5. The van der Waals surface area contributed by atoms with E-state index >= 15 is 0 Å². The number of anilines is 1. The van der Waals surface area contributed by atoms with Gasteiger partial charge in [0, 0.05) is 10.2 Å². The van der Waals surface area contributed by atoms with Gasteiger partial charge >= 0.3 is 12.0 Å². The number of rotatable bonds is 4. The average Bonchev–Trinajstić information content (AvgIpc) is 2.45. The molecule has 2 aromatic rings. The molecule has 2 rings (SSSR count). The van der Waals surface area contributed by atoms with Gasteiger partial charge in [0.2, 0.25) is 0 Å². The van der Waals surface area contributed by atoms with Crippen LogP contribution in [0.15, 0.2) is 59.1 Å². The first-order valence-corrected chi connectivity index (χ1v) is 6.96. The van der Waals surface area contributed by atoms with E-state index in [4.69, 9.17) is 0 Å². The van der Waals surface area contributed by atoms with Crippen molar-refractivity contribution in [3.63, 3.8) is 0 Å². The van der Waals surface area contributed by atoms with Crippen LogP contribution < -0.4 is 10.6 Å². The van der Waals surface area contributed by atoms with Gasteiger partial charge in [-0.1, -0.05) is 52.3 Å². The van der Waals surface area contributed by atoms with Crippen molar-refractivity contribution in [1.82, 2.24) is 5.32 Å². The minimum atomic E-state index is -1.12. The van der Waals surface area contributed by atoms with Gasteiger partial charge in [-0.25, -0.2) is 9.59 Å². The maximum atomic E-state index is 11.9. The molecule has 0 aliphatic rings. The van der Waals surface area contributed by atoms with Gasteiger partial charge in [-0.3, -0.25) is 0 Å². The zero-order valence-electron chi connectivity index (χ0n) is 10.9. The molecule has 0 saturated heterocycles. The number of carboxylic acids is 1. The minimum absolute atomic E-state index is 0.509. The van der Waals surface area contributed by atoms with Gasteiger partial charge in [-0.2, -0.15) is 0 Å². The number of hydrogen-bond donors (Lipinski definition) is 3. The van der Waals surface area contributed by atoms with Crippen molar-refractivity contribution in [1.29, 1.82) is 0 Å². The Labute approximate surface area is 130 Å². The lowest BCUT2D eigenvalue weighted by atomic mass is 10.1. The van der Waals surface area contributed by atoms with Crippen LogP contribution in [-0.4, -0.2) is 17.1 Å². The Morgan fingerprint density at radius 2 is 1.76 bits per heavy atom. The van der Waals surface area contributed by atoms with Crippen LogP contribution in [0.5, 0.6) is 0 Å². The van der Waals surface area contributed by atoms with E-state index in [1.807, 2.05) is 6.07 Å². The Kier molecular flexibility index (Phi) is 4.94. The third-order valence-corrected chi connectivity index (χ3v) is 3.23. The van der Waals surface area contributed by atoms with E-state index in [-0.39, 0.29) is 0 Å². The number of benzene rings is 2. The summed E-state index contributed by atoms with van der Waals surface area (Å²) < 4.78 is 0.818. The van der Waals surface area contributed by atoms with Gasteiger partial charge in [0.05, 0.1) is 0 Å². The average molecular weight is 349 g/mol. The number of aliphatic carboxylic acids is 1. The van der Waals surface area contributed by atoms with Crippen molar-refractivity contribution in [2.45, 2.75) is 6.04 Å². The van der Waals surface area contributed by atoms with Gasteiger partial charge in [0.15, 0.2) is 6.04 Å². The highest BCUT2D eigenvalue weighted by molar-refractivity contribution is 9.10. The van der Waals surface area contributed by atoms with Crippen LogP contribution in [0, 0.1) is 0 Å². The Bertz CT molecular complexity index is 646. The van der Waals surface area contributed by atoms with E-state index < -0.39 is 18.0 Å². The maximum Gasteiger partial charge on any atom is 0.330 e. The van der Waals surface area contributed by atoms with Gasteiger partial charge in [0.25, 0.3) is 0 Å². The van der Waals surface area contributed by atoms with Gasteiger partial charge in [0.1, 0.15) is 0 Å². The van der Waals surface area contributed by atoms with Crippen molar-refractivity contribution in [3.05, 3.63) is 64.6 Å². The molecule has 0 aliphatic carbocycles. The van der Waals surface area contributed by atoms with E-state index in [1.165, 1.54) is 0 Å². The fourth-order valence-corrected chi connectivity index (χ4v) is 2.20. The van der Waals surface area contributed by atoms with Gasteiger partial charge < -0.3 is 15.7 Å². The molecule has 0 saturated carbocycles. The molecular weight excluding hydrogens is 336 g/mol. The number of carboxylic acid groups (broad SMARTS) is 1. The van der Waals surface area contributed by atoms with E-state index in [0.717, 1.165) is 4.47 Å². The molecule has 2 amide bonds. The predicted molar refractivity (Wildman–Crippen MR) is 83.1 cm³/mol. The molecule has 0 unspecified atom stereocenters. The van der Waals surface area contributed by atoms with Crippen LogP contribution >= 0.6 is 15.9 Å². The molecule has 0 spiro atoms. The van der Waals surface area contributed by atoms with Crippen molar-refractivity contribution in [2.24, 2.45) is 0 Å². The highest BCUT2D eigenvalue weighted by Gasteiger charge is 2.21. The third kappa shape index (κ3) is 4.32. The van der Waals surface area contributed by atoms with E-state index in [2.05, 4.69) is 26.6 Å². The molecular formula is C15H13BrN2O3. The molecule has 0 bridgehead atoms. The molecule has 6 heteroatoms. The lowest BCUT2D eigenvalue weighted by Gasteiger charge is -2.15. The number of urea groups is 1. The van der Waals surface area contributed by atoms with E-state index in [1.54, 1.807) is 48.5 Å². The fourth-order valence-electron chi connectivity index (χ4n) is 1.80. The van der Waals surface area contributed by atoms with E-state index in [9.17, 15) is 14.7 Å². The van der Waals surface area contributed by atoms with Crippen LogP contribution in [0.3, 0.4) is 0 Å². The highest BCUT2D eigenvalue weighted by Crippen LogP contribution is 2.16. The molecule has 3 N–H and O–H groups in total. The van der Waals surface area contributed by atoms with Crippen molar-refractivity contribution in [2.75, 3.05) is 5.32 Å². The first-order valence-electron chi connectivity index (χ1n) is 6.17. The summed E-state index contributed by atoms with van der Waals surface area (Å²) in [5, 5.41) is 14.3. The number of amides is 2. The molecule has 21 heavy (non-hydrogen) atoms. The fraction of sp³-hybridized carbons (Fsp3) is 0.0667. The molecule has 0 fully saturated rings. The standard InChI is InChI=1S/C15H13BrN2O3/c16-11-7-4-8-12(9-11)17-15(21)18-13(14(19)20)10-5-2-1-3-6-10/h1-9,13H,(H,19,20)(H2,17,18,21)/t13-/m1/s1. The minimum Gasteiger partial charge on any atom is -0.479 e. The zero-order chi connectivity index (χ0) is 15.2. The molecule has 108 valence electrons. The number of carbonyl (C=O) groups is 2. The summed E-state index contributed by atoms with van der Waals surface area (Å²) in [7, 11) is 0. The lowest BCUT2D eigenvalue weighted by molar-refractivity contribution is -0.139. The van der Waals surface area contributed by atoms with E-state index in [0.29, 0.717) is 11.3 Å². The SMILES string of the molecule is O=C(Nc1cccc(Br)c1)N[C@@H](C(=O)O)c1ccccc1. The highest BCUT2D eigenvalue weighted by atomic mass is 79.9. The molecule has 0 aliphatic heterocycles. The van der Waals surface area contributed by atoms with Crippen LogP contribution in [-0.2, 0) is 4.79 Å². The summed E-state index contributed by atoms with van der Waals surface area (Å²) in [5.41, 5.74) is 1.08. The predicted octanol–water partition coefficient (Wildman–Crippen LogP) is 3.40. The Morgan fingerprint density at radius 3 is 2.38 bits per heavy atom. The topological polar surface area (TPSA) is 78.4 Å². The summed E-state index contributed by atoms with van der Waals surface area (Å²) in [6.07, 6.45) is 0. The van der Waals surface area contributed by atoms with Crippen LogP contribution in [0.2, 0.25) is 0 Å². The summed E-state index contributed by atoms with van der Waals surface area (Å²) in [6.45, 7) is 0. The molecule has 0 aromatic heterocycles. The smallest absolute Gasteiger partial charge is 0.330 e. The summed E-state index contributed by atoms with van der Waals surface area (Å²) >= 11 is 3.30. The molecule has 2 aromatic carbocycles. The second kappa shape index (κ2) is 6.90. The molecule has 5 nitrogen and oxygen atoms in total. The van der Waals surface area contributed by atoms with Gasteiger partial charge in [-0.15, -0.1) is 0 Å². The second-order valence-electron chi connectivity index (χ2n) is 4.29. The summed E-state index contributed by atoms with van der Waals surface area (Å²) in [5.74, 6) is -1.12. The Balaban J connectivity index is 2.07. The first-order chi connectivity index (χ1) is 10.1. The molecule has 0 radical (unpaired) electrons. The lowest BCUT2D eigenvalue weighted by Crippen LogP contribution is -2.36. The number of hydrogen-bond acceptors (Lipinski definition) is 2. The molecule has 0 heterocycles. The van der Waals surface area contributed by atoms with Crippen molar-refractivity contribution in [3.8, 4) is 0 Å². The molecule has 1 atom stereocenters. The second-order valence-corrected chi connectivity index (χ2v) is 5.21. The number of nitrogens with one attached hydrogen (secondary N) is 2. The van der Waals surface area contributed by atoms with Crippen molar-refractivity contribution < 1.29 is 14.7 Å². The maximum absolute atomic E-state index is 11.9. The number of carbonyl (C=O) groups excluding carboxylic acids is 1. The van der Waals surface area contributed by atoms with Crippen LogP contribution in [0.4, 0.5) is 10.5 Å². The van der Waals surface area contributed by atoms with Crippen molar-refractivity contribution >= 4 is 33.6 Å².